The number of aliphatic hydroxyl groups excluding tert-OH is 1. The number of hydrogen-bond acceptors (Lipinski definition) is 2. The SMILES string of the molecule is COc1cccc(C(O)c2c(F)cccc2Br)c1. The molecule has 2 nitrogen and oxygen atoms in total. The number of hydrogen-bond donors (Lipinski definition) is 1. The van der Waals surface area contributed by atoms with Gasteiger partial charge in [-0.3, -0.25) is 0 Å². The summed E-state index contributed by atoms with van der Waals surface area (Å²) in [6.07, 6.45) is -1.03. The normalized spacial score (nSPS) is 12.2. The molecule has 4 heteroatoms. The molecule has 0 radical (unpaired) electrons. The molecule has 0 aliphatic rings. The molecule has 0 saturated carbocycles. The van der Waals surface area contributed by atoms with Crippen molar-refractivity contribution in [2.45, 2.75) is 6.10 Å². The lowest BCUT2D eigenvalue weighted by molar-refractivity contribution is 0.213. The number of rotatable bonds is 3. The summed E-state index contributed by atoms with van der Waals surface area (Å²) in [7, 11) is 1.55. The summed E-state index contributed by atoms with van der Waals surface area (Å²) < 4.78 is 19.4. The van der Waals surface area contributed by atoms with E-state index in [1.165, 1.54) is 6.07 Å². The van der Waals surface area contributed by atoms with Crippen LogP contribution in [0.1, 0.15) is 17.2 Å². The van der Waals surface area contributed by atoms with Gasteiger partial charge in [0.15, 0.2) is 0 Å². The van der Waals surface area contributed by atoms with E-state index in [-0.39, 0.29) is 5.56 Å². The van der Waals surface area contributed by atoms with Crippen molar-refractivity contribution in [2.24, 2.45) is 0 Å². The molecule has 0 amide bonds. The molecule has 0 heterocycles. The van der Waals surface area contributed by atoms with Crippen molar-refractivity contribution in [1.82, 2.24) is 0 Å². The first-order valence-corrected chi connectivity index (χ1v) is 6.18. The van der Waals surface area contributed by atoms with Crippen LogP contribution in [0.4, 0.5) is 4.39 Å². The van der Waals surface area contributed by atoms with E-state index in [4.69, 9.17) is 4.74 Å². The van der Waals surface area contributed by atoms with E-state index in [0.717, 1.165) is 0 Å². The molecule has 94 valence electrons. The maximum atomic E-state index is 13.7. The molecule has 18 heavy (non-hydrogen) atoms. The van der Waals surface area contributed by atoms with Crippen molar-refractivity contribution < 1.29 is 14.2 Å². The quantitative estimate of drug-likeness (QED) is 0.937. The molecule has 1 unspecified atom stereocenters. The van der Waals surface area contributed by atoms with Gasteiger partial charge in [0.05, 0.1) is 7.11 Å². The average Bonchev–Trinajstić information content (AvgIpc) is 2.38. The molecule has 0 aliphatic heterocycles. The Morgan fingerprint density at radius 2 is 1.94 bits per heavy atom. The Morgan fingerprint density at radius 3 is 2.61 bits per heavy atom. The molecular weight excluding hydrogens is 299 g/mol. The van der Waals surface area contributed by atoms with E-state index in [0.29, 0.717) is 15.8 Å². The fourth-order valence-electron chi connectivity index (χ4n) is 1.75. The third kappa shape index (κ3) is 2.54. The largest absolute Gasteiger partial charge is 0.497 e. The number of ether oxygens (including phenoxy) is 1. The van der Waals surface area contributed by atoms with Gasteiger partial charge in [0, 0.05) is 10.0 Å². The third-order valence-electron chi connectivity index (χ3n) is 2.68. The number of aliphatic hydroxyl groups is 1. The van der Waals surface area contributed by atoms with Crippen molar-refractivity contribution in [3.8, 4) is 5.75 Å². The van der Waals surface area contributed by atoms with Crippen LogP contribution < -0.4 is 4.74 Å². The zero-order chi connectivity index (χ0) is 13.1. The summed E-state index contributed by atoms with van der Waals surface area (Å²) in [5.74, 6) is 0.179. The van der Waals surface area contributed by atoms with Crippen LogP contribution in [0, 0.1) is 5.82 Å². The zero-order valence-corrected chi connectivity index (χ0v) is 11.3. The Bertz CT molecular complexity index is 537. The lowest BCUT2D eigenvalue weighted by Crippen LogP contribution is -2.04. The first-order chi connectivity index (χ1) is 8.63. The van der Waals surface area contributed by atoms with Crippen LogP contribution in [0.3, 0.4) is 0 Å². The number of halogens is 2. The third-order valence-corrected chi connectivity index (χ3v) is 3.37. The van der Waals surface area contributed by atoms with Crippen molar-refractivity contribution >= 4 is 15.9 Å². The number of methoxy groups -OCH3 is 1. The lowest BCUT2D eigenvalue weighted by atomic mass is 10.0. The number of benzene rings is 2. The summed E-state index contributed by atoms with van der Waals surface area (Å²) in [4.78, 5) is 0. The van der Waals surface area contributed by atoms with Crippen LogP contribution in [0.15, 0.2) is 46.9 Å². The van der Waals surface area contributed by atoms with Crippen molar-refractivity contribution in [1.29, 1.82) is 0 Å². The smallest absolute Gasteiger partial charge is 0.130 e. The van der Waals surface area contributed by atoms with Gasteiger partial charge in [-0.05, 0) is 29.8 Å². The predicted octanol–water partition coefficient (Wildman–Crippen LogP) is 3.68. The summed E-state index contributed by atoms with van der Waals surface area (Å²) in [6, 6.07) is 11.5. The van der Waals surface area contributed by atoms with E-state index in [1.807, 2.05) is 0 Å². The Kier molecular flexibility index (Phi) is 3.99. The fraction of sp³-hybridized carbons (Fsp3) is 0.143. The van der Waals surface area contributed by atoms with Crippen LogP contribution in [0.2, 0.25) is 0 Å². The minimum Gasteiger partial charge on any atom is -0.497 e. The van der Waals surface area contributed by atoms with Gasteiger partial charge in [-0.15, -0.1) is 0 Å². The minimum absolute atomic E-state index is 0.228. The molecule has 2 aromatic carbocycles. The molecular formula is C14H12BrFO2. The molecule has 0 saturated heterocycles. The predicted molar refractivity (Wildman–Crippen MR) is 71.2 cm³/mol. The summed E-state index contributed by atoms with van der Waals surface area (Å²) in [6.45, 7) is 0. The Labute approximate surface area is 113 Å². The van der Waals surface area contributed by atoms with Crippen molar-refractivity contribution in [3.05, 3.63) is 63.9 Å². The van der Waals surface area contributed by atoms with E-state index >= 15 is 0 Å². The topological polar surface area (TPSA) is 29.5 Å². The maximum Gasteiger partial charge on any atom is 0.130 e. The molecule has 0 fully saturated rings. The van der Waals surface area contributed by atoms with Crippen molar-refractivity contribution in [3.63, 3.8) is 0 Å². The zero-order valence-electron chi connectivity index (χ0n) is 9.73. The van der Waals surface area contributed by atoms with E-state index in [1.54, 1.807) is 43.5 Å². The summed E-state index contributed by atoms with van der Waals surface area (Å²) >= 11 is 3.25. The van der Waals surface area contributed by atoms with Gasteiger partial charge >= 0.3 is 0 Å². The van der Waals surface area contributed by atoms with Crippen LogP contribution in [0.25, 0.3) is 0 Å². The lowest BCUT2D eigenvalue weighted by Gasteiger charge is -2.15. The highest BCUT2D eigenvalue weighted by Crippen LogP contribution is 2.31. The summed E-state index contributed by atoms with van der Waals surface area (Å²) in [5, 5.41) is 10.2. The Balaban J connectivity index is 2.44. The Morgan fingerprint density at radius 1 is 1.22 bits per heavy atom. The van der Waals surface area contributed by atoms with Gasteiger partial charge in [0.2, 0.25) is 0 Å². The second-order valence-corrected chi connectivity index (χ2v) is 4.67. The van der Waals surface area contributed by atoms with Crippen molar-refractivity contribution in [2.75, 3.05) is 7.11 Å². The van der Waals surface area contributed by atoms with Crippen LogP contribution in [-0.2, 0) is 0 Å². The first-order valence-electron chi connectivity index (χ1n) is 5.39. The molecule has 0 aromatic heterocycles. The first kappa shape index (κ1) is 13.1. The molecule has 2 rings (SSSR count). The van der Waals surface area contributed by atoms with Crippen LogP contribution in [0.5, 0.6) is 5.75 Å². The Hall–Kier alpha value is -1.39. The van der Waals surface area contributed by atoms with E-state index in [2.05, 4.69) is 15.9 Å². The minimum atomic E-state index is -1.03. The average molecular weight is 311 g/mol. The van der Waals surface area contributed by atoms with Gasteiger partial charge in [-0.25, -0.2) is 4.39 Å². The van der Waals surface area contributed by atoms with Crippen LogP contribution >= 0.6 is 15.9 Å². The standard InChI is InChI=1S/C14H12BrFO2/c1-18-10-5-2-4-9(8-10)14(17)13-11(15)6-3-7-12(13)16/h2-8,14,17H,1H3. The molecule has 0 aliphatic carbocycles. The molecule has 0 spiro atoms. The molecule has 1 N–H and O–H groups in total. The second-order valence-electron chi connectivity index (χ2n) is 3.81. The van der Waals surface area contributed by atoms with E-state index < -0.39 is 11.9 Å². The summed E-state index contributed by atoms with van der Waals surface area (Å²) in [5.41, 5.74) is 0.811. The monoisotopic (exact) mass is 310 g/mol. The second kappa shape index (κ2) is 5.50. The highest BCUT2D eigenvalue weighted by Gasteiger charge is 2.18. The van der Waals surface area contributed by atoms with Crippen LogP contribution in [-0.4, -0.2) is 12.2 Å². The van der Waals surface area contributed by atoms with E-state index in [9.17, 15) is 9.50 Å². The van der Waals surface area contributed by atoms with Gasteiger partial charge in [-0.1, -0.05) is 34.1 Å². The molecule has 0 bridgehead atoms. The van der Waals surface area contributed by atoms with Gasteiger partial charge < -0.3 is 9.84 Å². The fourth-order valence-corrected chi connectivity index (χ4v) is 2.31. The molecule has 2 aromatic rings. The maximum absolute atomic E-state index is 13.7. The highest BCUT2D eigenvalue weighted by atomic mass is 79.9. The van der Waals surface area contributed by atoms with Gasteiger partial charge in [-0.2, -0.15) is 0 Å². The highest BCUT2D eigenvalue weighted by molar-refractivity contribution is 9.10. The van der Waals surface area contributed by atoms with Gasteiger partial charge in [0.1, 0.15) is 17.7 Å². The molecule has 1 atom stereocenters. The van der Waals surface area contributed by atoms with Gasteiger partial charge in [0.25, 0.3) is 0 Å².